The molecule has 0 bridgehead atoms. The minimum atomic E-state index is -1.04. The van der Waals surface area contributed by atoms with Gasteiger partial charge >= 0.3 is 31.0 Å². The van der Waals surface area contributed by atoms with E-state index in [2.05, 4.69) is 89.3 Å². The second kappa shape index (κ2) is 35.7. The van der Waals surface area contributed by atoms with E-state index in [0.29, 0.717) is 37.0 Å². The molecule has 0 aliphatic rings. The van der Waals surface area contributed by atoms with Crippen molar-refractivity contribution >= 4 is 76.9 Å². The summed E-state index contributed by atoms with van der Waals surface area (Å²) in [5, 5.41) is 29.5. The summed E-state index contributed by atoms with van der Waals surface area (Å²) < 4.78 is 0. The van der Waals surface area contributed by atoms with Gasteiger partial charge in [-0.15, -0.1) is 0 Å². The molecule has 0 aliphatic heterocycles. The monoisotopic (exact) mass is 759 g/mol. The summed E-state index contributed by atoms with van der Waals surface area (Å²) in [5.74, 6) is -1.67. The zero-order valence-electron chi connectivity index (χ0n) is 27.9. The van der Waals surface area contributed by atoms with Gasteiger partial charge in [-0.2, -0.15) is 37.9 Å². The Kier molecular flexibility index (Phi) is 41.8. The Morgan fingerprint density at radius 1 is 0.524 bits per heavy atom. The first kappa shape index (κ1) is 49.1. The van der Waals surface area contributed by atoms with Gasteiger partial charge in [-0.05, 0) is 37.0 Å². The number of carboxylic acid groups (broad SMARTS) is 3. The van der Waals surface area contributed by atoms with Crippen LogP contribution < -0.4 is 15.3 Å². The average molecular weight is 759 g/mol. The van der Waals surface area contributed by atoms with Gasteiger partial charge < -0.3 is 29.7 Å². The van der Waals surface area contributed by atoms with Crippen LogP contribution in [0.25, 0.3) is 0 Å². The quantitative estimate of drug-likeness (QED) is 0.102. The van der Waals surface area contributed by atoms with E-state index in [1.54, 1.807) is 0 Å². The van der Waals surface area contributed by atoms with Gasteiger partial charge in [0, 0.05) is 15.7 Å². The SMILES string of the molecule is CCCCC(CC)CC(S)C(=O)[O-].CCCCC(CC)CC(S)C(=O)[O-].CCCCC(CC)CC(S)C(=O)[O-].[CH3][Sn+3][CH3]. The molecule has 249 valence electrons. The van der Waals surface area contributed by atoms with Crippen molar-refractivity contribution < 1.29 is 29.7 Å². The molecule has 0 spiro atoms. The molecule has 0 aromatic carbocycles. The molecule has 6 nitrogen and oxygen atoms in total. The van der Waals surface area contributed by atoms with Crippen LogP contribution in [0.4, 0.5) is 0 Å². The first-order chi connectivity index (χ1) is 19.8. The average Bonchev–Trinajstić information content (AvgIpc) is 2.95. The Hall–Kier alpha value is 0.259. The number of thiol groups is 3. The van der Waals surface area contributed by atoms with Crippen molar-refractivity contribution in [2.75, 3.05) is 0 Å². The molecule has 42 heavy (non-hydrogen) atoms. The van der Waals surface area contributed by atoms with Crippen LogP contribution in [0.5, 0.6) is 0 Å². The van der Waals surface area contributed by atoms with E-state index in [-0.39, 0.29) is 21.1 Å². The number of rotatable bonds is 21. The summed E-state index contributed by atoms with van der Waals surface area (Å²) in [6.45, 7) is 12.7. The van der Waals surface area contributed by atoms with Crippen molar-refractivity contribution in [2.24, 2.45) is 17.8 Å². The van der Waals surface area contributed by atoms with Gasteiger partial charge in [0.15, 0.2) is 0 Å². The van der Waals surface area contributed by atoms with Gasteiger partial charge in [0.05, 0.1) is 17.9 Å². The molecule has 0 aromatic heterocycles. The maximum atomic E-state index is 10.4. The van der Waals surface area contributed by atoms with Crippen molar-refractivity contribution in [1.29, 1.82) is 0 Å². The van der Waals surface area contributed by atoms with Gasteiger partial charge in [-0.3, -0.25) is 0 Å². The Morgan fingerprint density at radius 3 is 0.833 bits per heavy atom. The normalized spacial score (nSPS) is 14.6. The molecule has 0 N–H and O–H groups in total. The zero-order chi connectivity index (χ0) is 33.5. The summed E-state index contributed by atoms with van der Waals surface area (Å²) in [7, 11) is 0. The fourth-order valence-electron chi connectivity index (χ4n) is 4.18. The molecule has 0 aliphatic carbocycles. The third-order valence-electron chi connectivity index (χ3n) is 7.12. The van der Waals surface area contributed by atoms with Crippen LogP contribution in [0, 0.1) is 17.8 Å². The van der Waals surface area contributed by atoms with Crippen LogP contribution in [-0.4, -0.2) is 54.8 Å². The van der Waals surface area contributed by atoms with Crippen LogP contribution in [0.1, 0.15) is 138 Å². The Balaban J connectivity index is -0.000000246. The van der Waals surface area contributed by atoms with E-state index < -0.39 is 33.7 Å². The van der Waals surface area contributed by atoms with Crippen molar-refractivity contribution in [3.05, 3.63) is 0 Å². The number of hydrogen-bond donors (Lipinski definition) is 3. The van der Waals surface area contributed by atoms with E-state index in [1.165, 1.54) is 38.5 Å². The number of aliphatic carboxylic acids is 3. The number of hydrogen-bond acceptors (Lipinski definition) is 9. The minimum absolute atomic E-state index is 0.230. The predicted molar refractivity (Wildman–Crippen MR) is 185 cm³/mol. The molecule has 0 saturated carbocycles. The van der Waals surface area contributed by atoms with Crippen LogP contribution >= 0.6 is 37.9 Å². The first-order valence-corrected chi connectivity index (χ1v) is 23.3. The van der Waals surface area contributed by atoms with Gasteiger partial charge in [-0.25, -0.2) is 0 Å². The fraction of sp³-hybridized carbons (Fsp3) is 0.906. The van der Waals surface area contributed by atoms with Crippen molar-refractivity contribution in [3.63, 3.8) is 0 Å². The molecule has 0 fully saturated rings. The predicted octanol–water partition coefficient (Wildman–Crippen LogP) is 5.71. The van der Waals surface area contributed by atoms with Gasteiger partial charge in [0.1, 0.15) is 0 Å². The maximum absolute atomic E-state index is 10.4. The van der Waals surface area contributed by atoms with E-state index in [0.717, 1.165) is 38.5 Å². The molecule has 0 saturated heterocycles. The number of carbonyl (C=O) groups is 3. The van der Waals surface area contributed by atoms with E-state index in [4.69, 9.17) is 0 Å². The number of carboxylic acids is 3. The third-order valence-corrected chi connectivity index (χ3v) is 8.38. The molecule has 6 atom stereocenters. The van der Waals surface area contributed by atoms with Crippen LogP contribution in [0.15, 0.2) is 0 Å². The summed E-state index contributed by atoms with van der Waals surface area (Å²) >= 11 is 12.2. The Morgan fingerprint density at radius 2 is 0.714 bits per heavy atom. The number of unbranched alkanes of at least 4 members (excludes halogenated alkanes) is 3. The summed E-state index contributed by atoms with van der Waals surface area (Å²) in [6.07, 6.45) is 15.4. The standard InChI is InChI=1S/3C10H20O2S.2CH3.Sn/c3*1-3-5-6-8(4-2)7-9(13)10(11)12;;;/h3*8-9,13H,3-7H2,1-2H3,(H,11,12);2*1H3;/q;;;;;+3/p-3. The van der Waals surface area contributed by atoms with Crippen LogP contribution in [-0.2, 0) is 14.4 Å². The van der Waals surface area contributed by atoms with Crippen molar-refractivity contribution in [2.45, 2.75) is 163 Å². The molecule has 0 amide bonds. The van der Waals surface area contributed by atoms with Crippen LogP contribution in [0.2, 0.25) is 9.88 Å². The van der Waals surface area contributed by atoms with Gasteiger partial charge in [0.2, 0.25) is 0 Å². The summed E-state index contributed by atoms with van der Waals surface area (Å²) in [6, 6.07) is 0. The molecule has 0 heterocycles. The van der Waals surface area contributed by atoms with Gasteiger partial charge in [0.25, 0.3) is 0 Å². The second-order valence-electron chi connectivity index (χ2n) is 11.0. The Labute approximate surface area is 286 Å². The molecule has 0 rings (SSSR count). The third kappa shape index (κ3) is 34.7. The first-order valence-electron chi connectivity index (χ1n) is 16.0. The van der Waals surface area contributed by atoms with Crippen molar-refractivity contribution in [1.82, 2.24) is 0 Å². The second-order valence-corrected chi connectivity index (χ2v) is 15.7. The fourth-order valence-corrected chi connectivity index (χ4v) is 5.07. The van der Waals surface area contributed by atoms with Crippen molar-refractivity contribution in [3.8, 4) is 0 Å². The Bertz CT molecular complexity index is 546. The van der Waals surface area contributed by atoms with Crippen LogP contribution in [0.3, 0.4) is 0 Å². The molecular weight excluding hydrogens is 695 g/mol. The molecular formula is C32H63O6S3Sn. The van der Waals surface area contributed by atoms with E-state index >= 15 is 0 Å². The summed E-state index contributed by atoms with van der Waals surface area (Å²) in [4.78, 5) is 35.9. The molecule has 5 radical (unpaired) electrons. The van der Waals surface area contributed by atoms with E-state index in [1.807, 2.05) is 0 Å². The van der Waals surface area contributed by atoms with Gasteiger partial charge in [-0.1, -0.05) is 119 Å². The summed E-state index contributed by atoms with van der Waals surface area (Å²) in [5.41, 5.74) is 0. The molecule has 10 heteroatoms. The molecule has 6 unspecified atom stereocenters. The van der Waals surface area contributed by atoms with E-state index in [9.17, 15) is 29.7 Å². The number of carbonyl (C=O) groups excluding carboxylic acids is 3. The topological polar surface area (TPSA) is 120 Å². The zero-order valence-corrected chi connectivity index (χ0v) is 33.4. The molecule has 0 aromatic rings.